The van der Waals surface area contributed by atoms with E-state index in [1.165, 1.54) is 23.2 Å². The number of aryl methyl sites for hydroxylation is 1. The number of anilines is 1. The van der Waals surface area contributed by atoms with Crippen LogP contribution in [0.1, 0.15) is 59.8 Å². The maximum atomic E-state index is 12.4. The van der Waals surface area contributed by atoms with E-state index < -0.39 is 23.9 Å². The van der Waals surface area contributed by atoms with Crippen molar-refractivity contribution in [1.82, 2.24) is 4.90 Å². The van der Waals surface area contributed by atoms with Gasteiger partial charge in [-0.25, -0.2) is 0 Å². The van der Waals surface area contributed by atoms with Crippen LogP contribution in [0.25, 0.3) is 0 Å². The summed E-state index contributed by atoms with van der Waals surface area (Å²) >= 11 is 1.35. The van der Waals surface area contributed by atoms with Crippen LogP contribution in [0.4, 0.5) is 5.00 Å². The first-order chi connectivity index (χ1) is 13.4. The number of thiophene rings is 1. The standard InChI is InChI=1S/C19H25N3O5S/c1-11(27-15(24)10-22-9-4-2-3-8-14(22)23)18(26)21-19-16(17(20)25)12-6-5-7-13(12)28-19/h11H,2-10H2,1H3,(H2,20,25)(H,21,26)/t11-/m1/s1. The normalized spacial score (nSPS) is 17.6. The van der Waals surface area contributed by atoms with Crippen LogP contribution >= 0.6 is 11.3 Å². The van der Waals surface area contributed by atoms with Crippen molar-refractivity contribution in [3.63, 3.8) is 0 Å². The number of hydrogen-bond donors (Lipinski definition) is 2. The molecule has 28 heavy (non-hydrogen) atoms. The van der Waals surface area contributed by atoms with Crippen molar-refractivity contribution in [3.05, 3.63) is 16.0 Å². The van der Waals surface area contributed by atoms with Gasteiger partial charge in [0.15, 0.2) is 6.10 Å². The van der Waals surface area contributed by atoms with Crippen LogP contribution in [-0.2, 0) is 32.0 Å². The van der Waals surface area contributed by atoms with Gasteiger partial charge in [-0.15, -0.1) is 11.3 Å². The molecule has 0 spiro atoms. The van der Waals surface area contributed by atoms with E-state index in [1.807, 2.05) is 0 Å². The predicted molar refractivity (Wildman–Crippen MR) is 104 cm³/mol. The fourth-order valence-corrected chi connectivity index (χ4v) is 4.91. The maximum Gasteiger partial charge on any atom is 0.326 e. The van der Waals surface area contributed by atoms with E-state index in [4.69, 9.17) is 10.5 Å². The van der Waals surface area contributed by atoms with Gasteiger partial charge in [0.25, 0.3) is 11.8 Å². The summed E-state index contributed by atoms with van der Waals surface area (Å²) in [7, 11) is 0. The van der Waals surface area contributed by atoms with Gasteiger partial charge in [0.2, 0.25) is 5.91 Å². The number of amides is 3. The van der Waals surface area contributed by atoms with Crippen molar-refractivity contribution in [2.75, 3.05) is 18.4 Å². The SMILES string of the molecule is C[C@@H](OC(=O)CN1CCCCCC1=O)C(=O)Nc1sc2c(c1C(N)=O)CCC2. The minimum Gasteiger partial charge on any atom is -0.451 e. The lowest BCUT2D eigenvalue weighted by Gasteiger charge is -2.20. The first-order valence-corrected chi connectivity index (χ1v) is 10.4. The molecule has 1 atom stereocenters. The van der Waals surface area contributed by atoms with Crippen LogP contribution in [0, 0.1) is 0 Å². The number of nitrogens with zero attached hydrogens (tertiary/aromatic N) is 1. The van der Waals surface area contributed by atoms with Crippen LogP contribution < -0.4 is 11.1 Å². The molecular weight excluding hydrogens is 382 g/mol. The Bertz CT molecular complexity index is 804. The molecule has 2 aliphatic rings. The number of rotatable bonds is 6. The van der Waals surface area contributed by atoms with Crippen molar-refractivity contribution >= 4 is 40.0 Å². The van der Waals surface area contributed by atoms with Crippen molar-refractivity contribution in [3.8, 4) is 0 Å². The monoisotopic (exact) mass is 407 g/mol. The van der Waals surface area contributed by atoms with Crippen LogP contribution in [0.15, 0.2) is 0 Å². The third-order valence-corrected chi connectivity index (χ3v) is 6.28. The molecule has 152 valence electrons. The Morgan fingerprint density at radius 3 is 2.71 bits per heavy atom. The average molecular weight is 407 g/mol. The van der Waals surface area contributed by atoms with Gasteiger partial charge in [-0.1, -0.05) is 6.42 Å². The Morgan fingerprint density at radius 2 is 1.96 bits per heavy atom. The van der Waals surface area contributed by atoms with Crippen LogP contribution in [-0.4, -0.2) is 47.8 Å². The minimum absolute atomic E-state index is 0.0641. The van der Waals surface area contributed by atoms with Crippen molar-refractivity contribution < 1.29 is 23.9 Å². The molecule has 1 aliphatic heterocycles. The summed E-state index contributed by atoms with van der Waals surface area (Å²) in [5, 5.41) is 3.08. The van der Waals surface area contributed by atoms with E-state index in [9.17, 15) is 19.2 Å². The lowest BCUT2D eigenvalue weighted by molar-refractivity contribution is -0.156. The second-order valence-corrected chi connectivity index (χ2v) is 8.28. The highest BCUT2D eigenvalue weighted by atomic mass is 32.1. The number of primary amides is 1. The Balaban J connectivity index is 1.58. The maximum absolute atomic E-state index is 12.4. The Labute approximate surface area is 167 Å². The molecule has 2 heterocycles. The predicted octanol–water partition coefficient (Wildman–Crippen LogP) is 1.61. The lowest BCUT2D eigenvalue weighted by Crippen LogP contribution is -2.38. The van der Waals surface area contributed by atoms with Crippen molar-refractivity contribution in [2.45, 2.75) is 58.0 Å². The molecule has 9 heteroatoms. The number of fused-ring (bicyclic) bond motifs is 1. The van der Waals surface area contributed by atoms with E-state index in [0.29, 0.717) is 23.5 Å². The number of likely N-dealkylation sites (tertiary alicyclic amines) is 1. The summed E-state index contributed by atoms with van der Waals surface area (Å²) in [6.45, 7) is 1.83. The van der Waals surface area contributed by atoms with Gasteiger partial charge in [0.05, 0.1) is 5.56 Å². The summed E-state index contributed by atoms with van der Waals surface area (Å²) in [6.07, 6.45) is 4.64. The molecule has 1 aromatic rings. The van der Waals surface area contributed by atoms with E-state index in [2.05, 4.69) is 5.32 Å². The Kier molecular flexibility index (Phi) is 6.33. The summed E-state index contributed by atoms with van der Waals surface area (Å²) < 4.78 is 5.20. The van der Waals surface area contributed by atoms with Crippen molar-refractivity contribution in [1.29, 1.82) is 0 Å². The summed E-state index contributed by atoms with van der Waals surface area (Å²) in [6, 6.07) is 0. The topological polar surface area (TPSA) is 119 Å². The van der Waals surface area contributed by atoms with E-state index in [-0.39, 0.29) is 12.5 Å². The highest BCUT2D eigenvalue weighted by molar-refractivity contribution is 7.17. The number of carbonyl (C=O) groups excluding carboxylic acids is 4. The molecule has 3 amide bonds. The number of hydrogen-bond acceptors (Lipinski definition) is 6. The van der Waals surface area contributed by atoms with E-state index >= 15 is 0 Å². The highest BCUT2D eigenvalue weighted by Crippen LogP contribution is 2.38. The molecule has 1 fully saturated rings. The molecule has 0 saturated carbocycles. The van der Waals surface area contributed by atoms with Crippen LogP contribution in [0.3, 0.4) is 0 Å². The number of nitrogens with two attached hydrogens (primary N) is 1. The van der Waals surface area contributed by atoms with Gasteiger partial charge in [-0.2, -0.15) is 0 Å². The van der Waals surface area contributed by atoms with Crippen LogP contribution in [0.5, 0.6) is 0 Å². The van der Waals surface area contributed by atoms with Crippen LogP contribution in [0.2, 0.25) is 0 Å². The molecule has 1 aliphatic carbocycles. The third kappa shape index (κ3) is 4.52. The van der Waals surface area contributed by atoms with Gasteiger partial charge in [-0.05, 0) is 44.6 Å². The second-order valence-electron chi connectivity index (χ2n) is 7.17. The Morgan fingerprint density at radius 1 is 1.18 bits per heavy atom. The van der Waals surface area contributed by atoms with Gasteiger partial charge in [0, 0.05) is 17.8 Å². The molecule has 8 nitrogen and oxygen atoms in total. The van der Waals surface area contributed by atoms with Gasteiger partial charge >= 0.3 is 5.97 Å². The summed E-state index contributed by atoms with van der Waals surface area (Å²) in [4.78, 5) is 50.9. The smallest absolute Gasteiger partial charge is 0.326 e. The lowest BCUT2D eigenvalue weighted by atomic mass is 10.1. The van der Waals surface area contributed by atoms with E-state index in [0.717, 1.165) is 49.0 Å². The molecular formula is C19H25N3O5S. The van der Waals surface area contributed by atoms with Gasteiger partial charge in [0.1, 0.15) is 11.5 Å². The third-order valence-electron chi connectivity index (χ3n) is 5.07. The summed E-state index contributed by atoms with van der Waals surface area (Å²) in [5.41, 5.74) is 6.76. The van der Waals surface area contributed by atoms with E-state index in [1.54, 1.807) is 0 Å². The largest absolute Gasteiger partial charge is 0.451 e. The fraction of sp³-hybridized carbons (Fsp3) is 0.579. The number of nitrogens with one attached hydrogen (secondary N) is 1. The molecule has 0 unspecified atom stereocenters. The van der Waals surface area contributed by atoms with Gasteiger partial charge < -0.3 is 20.7 Å². The zero-order valence-electron chi connectivity index (χ0n) is 15.9. The Hall–Kier alpha value is -2.42. The van der Waals surface area contributed by atoms with Gasteiger partial charge in [-0.3, -0.25) is 19.2 Å². The second kappa shape index (κ2) is 8.72. The summed E-state index contributed by atoms with van der Waals surface area (Å²) in [5.74, 6) is -1.79. The van der Waals surface area contributed by atoms with Crippen molar-refractivity contribution in [2.24, 2.45) is 5.73 Å². The molecule has 0 aromatic carbocycles. The first-order valence-electron chi connectivity index (χ1n) is 9.59. The molecule has 1 saturated heterocycles. The highest BCUT2D eigenvalue weighted by Gasteiger charge is 2.28. The first kappa shape index (κ1) is 20.3. The number of ether oxygens (including phenoxy) is 1. The number of esters is 1. The zero-order chi connectivity index (χ0) is 20.3. The quantitative estimate of drug-likeness (QED) is 0.695. The molecule has 3 rings (SSSR count). The zero-order valence-corrected chi connectivity index (χ0v) is 16.7. The fourth-order valence-electron chi connectivity index (χ4n) is 3.62. The number of carbonyl (C=O) groups is 4. The minimum atomic E-state index is -1.05. The molecule has 1 aromatic heterocycles. The molecule has 0 radical (unpaired) electrons. The molecule has 3 N–H and O–H groups in total. The molecule has 0 bridgehead atoms. The average Bonchev–Trinajstić information content (AvgIpc) is 3.13.